The van der Waals surface area contributed by atoms with Crippen molar-refractivity contribution in [3.05, 3.63) is 44.8 Å². The van der Waals surface area contributed by atoms with Crippen molar-refractivity contribution in [2.75, 3.05) is 5.32 Å². The van der Waals surface area contributed by atoms with Crippen LogP contribution in [0.1, 0.15) is 40.9 Å². The van der Waals surface area contributed by atoms with Crippen LogP contribution >= 0.6 is 11.3 Å². The van der Waals surface area contributed by atoms with E-state index in [0.29, 0.717) is 11.0 Å². The van der Waals surface area contributed by atoms with Crippen molar-refractivity contribution in [3.8, 4) is 0 Å². The molecule has 20 heavy (non-hydrogen) atoms. The molecule has 2 aromatic heterocycles. The Morgan fingerprint density at radius 3 is 3.05 bits per heavy atom. The van der Waals surface area contributed by atoms with Gasteiger partial charge in [0.2, 0.25) is 0 Å². The van der Waals surface area contributed by atoms with E-state index in [2.05, 4.69) is 17.2 Å². The molecular formula is C14H15N3O2S. The molecule has 0 saturated carbocycles. The number of fused-ring (bicyclic) bond motifs is 1. The number of hydrogen-bond acceptors (Lipinski definition) is 4. The van der Waals surface area contributed by atoms with E-state index < -0.39 is 0 Å². The van der Waals surface area contributed by atoms with Gasteiger partial charge in [-0.3, -0.25) is 14.9 Å². The normalized spacial score (nSPS) is 17.0. The SMILES string of the molecule is CC1CCc2c1cc(C(=O)Nc1nccs1)c(=O)n2C. The summed E-state index contributed by atoms with van der Waals surface area (Å²) in [5.74, 6) is 0.00524. The summed E-state index contributed by atoms with van der Waals surface area (Å²) in [5, 5.41) is 4.95. The first-order chi connectivity index (χ1) is 9.58. The van der Waals surface area contributed by atoms with Gasteiger partial charge in [-0.15, -0.1) is 11.3 Å². The van der Waals surface area contributed by atoms with Crippen molar-refractivity contribution in [3.63, 3.8) is 0 Å². The van der Waals surface area contributed by atoms with E-state index in [9.17, 15) is 9.59 Å². The molecule has 0 saturated heterocycles. The highest BCUT2D eigenvalue weighted by Crippen LogP contribution is 2.31. The van der Waals surface area contributed by atoms with Gasteiger partial charge in [0.1, 0.15) is 5.56 Å². The van der Waals surface area contributed by atoms with Crippen LogP contribution in [0.2, 0.25) is 0 Å². The van der Waals surface area contributed by atoms with Crippen molar-refractivity contribution in [2.24, 2.45) is 7.05 Å². The van der Waals surface area contributed by atoms with Gasteiger partial charge in [-0.2, -0.15) is 0 Å². The second-order valence-electron chi connectivity index (χ2n) is 5.06. The number of thiazole rings is 1. The number of rotatable bonds is 2. The minimum absolute atomic E-state index is 0.190. The van der Waals surface area contributed by atoms with Crippen molar-refractivity contribution >= 4 is 22.4 Å². The van der Waals surface area contributed by atoms with Crippen LogP contribution in [0.5, 0.6) is 0 Å². The number of carbonyl (C=O) groups excluding carboxylic acids is 1. The smallest absolute Gasteiger partial charge is 0.263 e. The summed E-state index contributed by atoms with van der Waals surface area (Å²) >= 11 is 1.33. The Bertz CT molecular complexity index is 719. The number of anilines is 1. The molecule has 1 amide bonds. The average molecular weight is 289 g/mol. The molecule has 0 aromatic carbocycles. The number of pyridine rings is 1. The molecule has 104 valence electrons. The second kappa shape index (κ2) is 4.86. The Morgan fingerprint density at radius 2 is 2.35 bits per heavy atom. The molecular weight excluding hydrogens is 274 g/mol. The molecule has 2 aromatic rings. The topological polar surface area (TPSA) is 64.0 Å². The summed E-state index contributed by atoms with van der Waals surface area (Å²) in [6.45, 7) is 2.12. The molecule has 3 rings (SSSR count). The maximum Gasteiger partial charge on any atom is 0.263 e. The number of nitrogens with zero attached hydrogens (tertiary/aromatic N) is 2. The monoisotopic (exact) mass is 289 g/mol. The Hall–Kier alpha value is -1.95. The summed E-state index contributed by atoms with van der Waals surface area (Å²) in [7, 11) is 1.74. The van der Waals surface area contributed by atoms with E-state index in [4.69, 9.17) is 0 Å². The van der Waals surface area contributed by atoms with Gasteiger partial charge in [0.25, 0.3) is 11.5 Å². The van der Waals surface area contributed by atoms with Gasteiger partial charge in [0.15, 0.2) is 5.13 Å². The number of carbonyl (C=O) groups is 1. The molecule has 0 fully saturated rings. The van der Waals surface area contributed by atoms with Gasteiger partial charge in [0.05, 0.1) is 0 Å². The molecule has 0 bridgehead atoms. The van der Waals surface area contributed by atoms with Gasteiger partial charge < -0.3 is 4.57 Å². The van der Waals surface area contributed by atoms with Crippen LogP contribution in [-0.4, -0.2) is 15.5 Å². The van der Waals surface area contributed by atoms with Crippen LogP contribution in [-0.2, 0) is 13.5 Å². The Kier molecular flexibility index (Phi) is 3.17. The third-order valence-electron chi connectivity index (χ3n) is 3.82. The van der Waals surface area contributed by atoms with Gasteiger partial charge in [0, 0.05) is 24.3 Å². The van der Waals surface area contributed by atoms with Crippen molar-refractivity contribution in [1.29, 1.82) is 0 Å². The Balaban J connectivity index is 2.02. The minimum atomic E-state index is -0.387. The van der Waals surface area contributed by atoms with E-state index in [1.807, 2.05) is 0 Å². The number of nitrogens with one attached hydrogen (secondary N) is 1. The zero-order valence-corrected chi connectivity index (χ0v) is 12.2. The molecule has 0 radical (unpaired) electrons. The highest BCUT2D eigenvalue weighted by atomic mass is 32.1. The van der Waals surface area contributed by atoms with E-state index in [1.54, 1.807) is 29.3 Å². The quantitative estimate of drug-likeness (QED) is 0.921. The summed E-state index contributed by atoms with van der Waals surface area (Å²) in [5.41, 5.74) is 2.10. The third kappa shape index (κ3) is 2.06. The van der Waals surface area contributed by atoms with Crippen molar-refractivity contribution < 1.29 is 4.79 Å². The first kappa shape index (κ1) is 13.1. The van der Waals surface area contributed by atoms with E-state index in [1.165, 1.54) is 11.3 Å². The molecule has 5 nitrogen and oxygen atoms in total. The zero-order chi connectivity index (χ0) is 14.3. The molecule has 2 heterocycles. The van der Waals surface area contributed by atoms with Crippen LogP contribution in [0.3, 0.4) is 0 Å². The molecule has 1 N–H and O–H groups in total. The zero-order valence-electron chi connectivity index (χ0n) is 11.3. The largest absolute Gasteiger partial charge is 0.315 e. The van der Waals surface area contributed by atoms with Crippen LogP contribution in [0.25, 0.3) is 0 Å². The van der Waals surface area contributed by atoms with Crippen molar-refractivity contribution in [2.45, 2.75) is 25.7 Å². The number of aromatic nitrogens is 2. The highest BCUT2D eigenvalue weighted by Gasteiger charge is 2.25. The van der Waals surface area contributed by atoms with Gasteiger partial charge >= 0.3 is 0 Å². The van der Waals surface area contributed by atoms with E-state index >= 15 is 0 Å². The van der Waals surface area contributed by atoms with E-state index in [0.717, 1.165) is 24.1 Å². The number of amides is 1. The van der Waals surface area contributed by atoms with Crippen LogP contribution in [0, 0.1) is 0 Å². The van der Waals surface area contributed by atoms with Gasteiger partial charge in [-0.1, -0.05) is 6.92 Å². The van der Waals surface area contributed by atoms with Crippen molar-refractivity contribution in [1.82, 2.24) is 9.55 Å². The first-order valence-corrected chi connectivity index (χ1v) is 7.39. The average Bonchev–Trinajstić information content (AvgIpc) is 3.04. The summed E-state index contributed by atoms with van der Waals surface area (Å²) in [6.07, 6.45) is 3.54. The fourth-order valence-corrected chi connectivity index (χ4v) is 3.18. The molecule has 0 spiro atoms. The van der Waals surface area contributed by atoms with Gasteiger partial charge in [-0.05, 0) is 30.4 Å². The first-order valence-electron chi connectivity index (χ1n) is 6.51. The lowest BCUT2D eigenvalue weighted by molar-refractivity contribution is 0.102. The fraction of sp³-hybridized carbons (Fsp3) is 0.357. The predicted octanol–water partition coefficient (Wildman–Crippen LogP) is 2.14. The molecule has 1 aliphatic carbocycles. The van der Waals surface area contributed by atoms with Crippen LogP contribution in [0.4, 0.5) is 5.13 Å². The van der Waals surface area contributed by atoms with Crippen LogP contribution in [0.15, 0.2) is 22.4 Å². The third-order valence-corrected chi connectivity index (χ3v) is 4.50. The maximum absolute atomic E-state index is 12.3. The van der Waals surface area contributed by atoms with Crippen LogP contribution < -0.4 is 10.9 Å². The highest BCUT2D eigenvalue weighted by molar-refractivity contribution is 7.13. The molecule has 0 aliphatic heterocycles. The lowest BCUT2D eigenvalue weighted by atomic mass is 10.0. The minimum Gasteiger partial charge on any atom is -0.315 e. The Morgan fingerprint density at radius 1 is 1.55 bits per heavy atom. The molecule has 1 aliphatic rings. The number of hydrogen-bond donors (Lipinski definition) is 1. The fourth-order valence-electron chi connectivity index (χ4n) is 2.66. The maximum atomic E-state index is 12.3. The second-order valence-corrected chi connectivity index (χ2v) is 5.95. The summed E-state index contributed by atoms with van der Waals surface area (Å²) in [6, 6.07) is 1.75. The predicted molar refractivity (Wildman–Crippen MR) is 78.5 cm³/mol. The molecule has 1 unspecified atom stereocenters. The Labute approximate surface area is 120 Å². The molecule has 6 heteroatoms. The summed E-state index contributed by atoms with van der Waals surface area (Å²) < 4.78 is 1.61. The standard InChI is InChI=1S/C14H15N3O2S/c1-8-3-4-11-9(8)7-10(13(19)17(11)2)12(18)16-14-15-5-6-20-14/h5-8H,3-4H2,1-2H3,(H,15,16,18). The molecule has 1 atom stereocenters. The summed E-state index contributed by atoms with van der Waals surface area (Å²) in [4.78, 5) is 28.5. The van der Waals surface area contributed by atoms with Gasteiger partial charge in [-0.25, -0.2) is 4.98 Å². The van der Waals surface area contributed by atoms with E-state index in [-0.39, 0.29) is 17.0 Å². The lowest BCUT2D eigenvalue weighted by Gasteiger charge is -2.11. The lowest BCUT2D eigenvalue weighted by Crippen LogP contribution is -2.29.